The molecular weight excluding hydrogens is 424 g/mol. The van der Waals surface area contributed by atoms with Gasteiger partial charge in [0.25, 0.3) is 0 Å². The molecule has 3 rings (SSSR count). The highest BCUT2D eigenvalue weighted by Crippen LogP contribution is 2.50. The van der Waals surface area contributed by atoms with Gasteiger partial charge in [-0.25, -0.2) is 0 Å². The van der Waals surface area contributed by atoms with Crippen LogP contribution in [0.1, 0.15) is 80.9 Å². The molecule has 33 heavy (non-hydrogen) atoms. The normalized spacial score (nSPS) is 22.6. The van der Waals surface area contributed by atoms with Crippen LogP contribution in [-0.2, 0) is 26.2 Å². The average Bonchev–Trinajstić information content (AvgIpc) is 2.66. The third-order valence-corrected chi connectivity index (χ3v) is 6.82. The summed E-state index contributed by atoms with van der Waals surface area (Å²) in [4.78, 5) is 50.4. The van der Waals surface area contributed by atoms with E-state index < -0.39 is 40.5 Å². The predicted molar refractivity (Wildman–Crippen MR) is 122 cm³/mol. The van der Waals surface area contributed by atoms with Gasteiger partial charge in [0.05, 0.1) is 17.9 Å². The molecule has 0 radical (unpaired) electrons. The minimum Gasteiger partial charge on any atom is -0.507 e. The predicted octanol–water partition coefficient (Wildman–Crippen LogP) is 3.47. The Balaban J connectivity index is 2.24. The maximum Gasteiger partial charge on any atom is 0.173 e. The van der Waals surface area contributed by atoms with E-state index in [1.54, 1.807) is 6.07 Å². The minimum absolute atomic E-state index is 0.0643. The fraction of sp³-hybridized carbons (Fsp3) is 0.538. The van der Waals surface area contributed by atoms with Crippen LogP contribution in [0.4, 0.5) is 0 Å². The van der Waals surface area contributed by atoms with Gasteiger partial charge in [-0.3, -0.25) is 19.2 Å². The van der Waals surface area contributed by atoms with Gasteiger partial charge >= 0.3 is 0 Å². The zero-order valence-electron chi connectivity index (χ0n) is 19.8. The van der Waals surface area contributed by atoms with Gasteiger partial charge in [-0.15, -0.1) is 0 Å². The van der Waals surface area contributed by atoms with Gasteiger partial charge in [-0.05, 0) is 62.0 Å². The van der Waals surface area contributed by atoms with E-state index >= 15 is 0 Å². The van der Waals surface area contributed by atoms with Crippen LogP contribution in [-0.4, -0.2) is 45.1 Å². The van der Waals surface area contributed by atoms with E-state index in [1.165, 1.54) is 13.8 Å². The molecule has 0 bridgehead atoms. The molecule has 0 spiro atoms. The number of aliphatic hydroxyl groups is 2. The molecule has 0 saturated heterocycles. The molecule has 0 aromatic heterocycles. The highest BCUT2D eigenvalue weighted by molar-refractivity contribution is 6.17. The number of fused-ring (bicyclic) bond motifs is 2. The van der Waals surface area contributed by atoms with Crippen molar-refractivity contribution in [3.05, 3.63) is 33.9 Å². The van der Waals surface area contributed by atoms with E-state index in [-0.39, 0.29) is 54.3 Å². The summed E-state index contributed by atoms with van der Waals surface area (Å²) in [7, 11) is 0. The second kappa shape index (κ2) is 8.86. The number of aromatic hydroxyl groups is 1. The molecule has 0 heterocycles. The lowest BCUT2D eigenvalue weighted by atomic mass is 9.62. The molecular formula is C26H32O7. The average molecular weight is 457 g/mol. The minimum atomic E-state index is -1.13. The van der Waals surface area contributed by atoms with Crippen molar-refractivity contribution in [2.45, 2.75) is 65.7 Å². The van der Waals surface area contributed by atoms with Gasteiger partial charge in [0, 0.05) is 23.3 Å². The van der Waals surface area contributed by atoms with Gasteiger partial charge in [-0.1, -0.05) is 20.8 Å². The van der Waals surface area contributed by atoms with E-state index in [0.717, 1.165) is 0 Å². The Morgan fingerprint density at radius 1 is 1.12 bits per heavy atom. The molecule has 2 aliphatic carbocycles. The summed E-state index contributed by atoms with van der Waals surface area (Å²) < 4.78 is 0. The number of hydrogen-bond acceptors (Lipinski definition) is 7. The molecule has 0 aliphatic heterocycles. The fourth-order valence-electron chi connectivity index (χ4n) is 5.36. The second-order valence-corrected chi connectivity index (χ2v) is 10.3. The van der Waals surface area contributed by atoms with Crippen molar-refractivity contribution in [1.82, 2.24) is 0 Å². The monoisotopic (exact) mass is 456 g/mol. The van der Waals surface area contributed by atoms with Crippen LogP contribution in [0.25, 0.3) is 5.76 Å². The van der Waals surface area contributed by atoms with Crippen molar-refractivity contribution in [3.63, 3.8) is 0 Å². The Bertz CT molecular complexity index is 1070. The Kier molecular flexibility index (Phi) is 6.67. The first-order valence-electron chi connectivity index (χ1n) is 11.3. The van der Waals surface area contributed by atoms with Crippen LogP contribution in [0.3, 0.4) is 0 Å². The van der Waals surface area contributed by atoms with Crippen LogP contribution in [0.15, 0.2) is 11.6 Å². The summed E-state index contributed by atoms with van der Waals surface area (Å²) in [6.45, 7) is 8.09. The Hall–Kier alpha value is -2.80. The lowest BCUT2D eigenvalue weighted by Crippen LogP contribution is -2.43. The van der Waals surface area contributed by atoms with E-state index in [4.69, 9.17) is 0 Å². The quantitative estimate of drug-likeness (QED) is 0.441. The highest BCUT2D eigenvalue weighted by Gasteiger charge is 2.48. The molecule has 3 N–H and O–H groups in total. The summed E-state index contributed by atoms with van der Waals surface area (Å²) in [6.07, 6.45) is 0.425. The Labute approximate surface area is 193 Å². The summed E-state index contributed by atoms with van der Waals surface area (Å²) >= 11 is 0. The van der Waals surface area contributed by atoms with E-state index in [2.05, 4.69) is 0 Å². The number of carbonyl (C=O) groups is 4. The molecule has 1 aromatic carbocycles. The first-order chi connectivity index (χ1) is 15.3. The summed E-state index contributed by atoms with van der Waals surface area (Å²) in [6, 6.07) is 1.66. The highest BCUT2D eigenvalue weighted by atomic mass is 16.3. The van der Waals surface area contributed by atoms with E-state index in [0.29, 0.717) is 23.1 Å². The number of ketones is 4. The molecule has 0 amide bonds. The molecule has 2 aliphatic rings. The number of rotatable bonds is 6. The van der Waals surface area contributed by atoms with Crippen molar-refractivity contribution in [2.24, 2.45) is 17.8 Å². The maximum absolute atomic E-state index is 13.5. The van der Waals surface area contributed by atoms with Crippen LogP contribution < -0.4 is 0 Å². The summed E-state index contributed by atoms with van der Waals surface area (Å²) in [5, 5.41) is 31.9. The number of phenolic OH excluding ortho intramolecular Hbond substituents is 1. The van der Waals surface area contributed by atoms with Crippen LogP contribution in [0.5, 0.6) is 5.75 Å². The zero-order chi connectivity index (χ0) is 24.8. The lowest BCUT2D eigenvalue weighted by Gasteiger charge is -2.39. The third-order valence-electron chi connectivity index (χ3n) is 6.82. The molecule has 3 atom stereocenters. The first-order valence-corrected chi connectivity index (χ1v) is 11.3. The van der Waals surface area contributed by atoms with E-state index in [9.17, 15) is 34.5 Å². The number of allylic oxidation sites excluding steroid dienone is 1. The van der Waals surface area contributed by atoms with Gasteiger partial charge in [-0.2, -0.15) is 0 Å². The first kappa shape index (κ1) is 24.8. The lowest BCUT2D eigenvalue weighted by molar-refractivity contribution is -0.137. The van der Waals surface area contributed by atoms with Crippen molar-refractivity contribution in [3.8, 4) is 5.75 Å². The van der Waals surface area contributed by atoms with Crippen molar-refractivity contribution >= 4 is 28.9 Å². The number of carbonyl (C=O) groups excluding carboxylic acids is 4. The Morgan fingerprint density at radius 3 is 2.27 bits per heavy atom. The zero-order valence-corrected chi connectivity index (χ0v) is 19.8. The number of phenols is 1. The van der Waals surface area contributed by atoms with Crippen LogP contribution in [0, 0.1) is 17.8 Å². The van der Waals surface area contributed by atoms with Crippen molar-refractivity contribution in [1.29, 1.82) is 0 Å². The topological polar surface area (TPSA) is 129 Å². The summed E-state index contributed by atoms with van der Waals surface area (Å²) in [5.74, 6) is -4.29. The summed E-state index contributed by atoms with van der Waals surface area (Å²) in [5.41, 5.74) is 0.957. The number of aliphatic hydroxyl groups excluding tert-OH is 2. The largest absolute Gasteiger partial charge is 0.507 e. The molecule has 1 fully saturated rings. The molecule has 178 valence electrons. The molecule has 1 aromatic rings. The van der Waals surface area contributed by atoms with Gasteiger partial charge in [0.1, 0.15) is 17.3 Å². The second-order valence-electron chi connectivity index (χ2n) is 10.3. The molecule has 7 heteroatoms. The van der Waals surface area contributed by atoms with E-state index in [1.807, 2.05) is 20.8 Å². The van der Waals surface area contributed by atoms with Crippen molar-refractivity contribution < 1.29 is 34.5 Å². The molecule has 1 saturated carbocycles. The van der Waals surface area contributed by atoms with Gasteiger partial charge in [0.2, 0.25) is 0 Å². The van der Waals surface area contributed by atoms with Gasteiger partial charge < -0.3 is 15.3 Å². The number of benzene rings is 1. The standard InChI is InChI=1S/C26H32O7/c1-12(28)8-19(30)20-14(6-7-27)9-15-10-17-16(13(2)29)11-18(26(3,4)5)23(31)22(17)25(33)21(15)24(20)32/h11,14-15,20,27,31,33H,6-10H2,1-5H3. The van der Waals surface area contributed by atoms with Crippen molar-refractivity contribution in [2.75, 3.05) is 6.61 Å². The Morgan fingerprint density at radius 2 is 1.76 bits per heavy atom. The SMILES string of the molecule is CC(=O)CC(=O)C1C(=O)C2=C(O)c3c(O)c(C(C)(C)C)cc(C(C)=O)c3CC2CC1CCO. The fourth-order valence-corrected chi connectivity index (χ4v) is 5.36. The molecule has 3 unspecified atom stereocenters. The van der Waals surface area contributed by atoms with Gasteiger partial charge in [0.15, 0.2) is 17.3 Å². The maximum atomic E-state index is 13.5. The number of Topliss-reactive ketones (excluding diaryl/α,β-unsaturated/α-hetero) is 4. The number of hydrogen-bond donors (Lipinski definition) is 3. The van der Waals surface area contributed by atoms with Crippen LogP contribution >= 0.6 is 0 Å². The smallest absolute Gasteiger partial charge is 0.173 e. The van der Waals surface area contributed by atoms with Crippen LogP contribution in [0.2, 0.25) is 0 Å². The molecule has 7 nitrogen and oxygen atoms in total. The third kappa shape index (κ3) is 4.38.